The molecule has 2 aromatic carbocycles. The van der Waals surface area contributed by atoms with Crippen LogP contribution in [-0.2, 0) is 0 Å². The number of nitrogens with zero attached hydrogens (tertiary/aromatic N) is 3. The van der Waals surface area contributed by atoms with E-state index >= 15 is 0 Å². The van der Waals surface area contributed by atoms with Gasteiger partial charge in [-0.15, -0.1) is 0 Å². The lowest BCUT2D eigenvalue weighted by atomic mass is 10.2. The highest BCUT2D eigenvalue weighted by Crippen LogP contribution is 2.36. The van der Waals surface area contributed by atoms with Crippen molar-refractivity contribution in [1.29, 1.82) is 0 Å². The van der Waals surface area contributed by atoms with Crippen molar-refractivity contribution in [3.63, 3.8) is 0 Å². The van der Waals surface area contributed by atoms with Crippen molar-refractivity contribution in [2.45, 2.75) is 0 Å². The zero-order chi connectivity index (χ0) is 15.7. The fourth-order valence-electron chi connectivity index (χ4n) is 2.07. The molecule has 0 aliphatic carbocycles. The number of methoxy groups -OCH3 is 1. The molecule has 3 rings (SSSR count). The molecule has 0 atom stereocenters. The lowest BCUT2D eigenvalue weighted by molar-refractivity contribution is 0.374. The average Bonchev–Trinajstić information content (AvgIpc) is 2.53. The summed E-state index contributed by atoms with van der Waals surface area (Å²) in [5, 5.41) is 10.5. The number of benzene rings is 2. The van der Waals surface area contributed by atoms with E-state index in [2.05, 4.69) is 9.97 Å². The number of phenolic OH excluding ortho intramolecular Hbond substituents is 1. The number of hydrogen-bond donors (Lipinski definition) is 1. The van der Waals surface area contributed by atoms with Crippen LogP contribution in [0.3, 0.4) is 0 Å². The Bertz CT molecular complexity index is 827. The minimum atomic E-state index is -0.358. The van der Waals surface area contributed by atoms with Crippen molar-refractivity contribution in [2.75, 3.05) is 11.5 Å². The van der Waals surface area contributed by atoms with Crippen LogP contribution < -0.4 is 9.16 Å². The Hall–Kier alpha value is -2.60. The summed E-state index contributed by atoms with van der Waals surface area (Å²) in [4.78, 5) is 8.27. The van der Waals surface area contributed by atoms with Crippen LogP contribution >= 0.6 is 11.8 Å². The maximum atomic E-state index is 13.0. The third kappa shape index (κ3) is 2.48. The Morgan fingerprint density at radius 1 is 1.18 bits per heavy atom. The van der Waals surface area contributed by atoms with E-state index in [1.54, 1.807) is 6.07 Å². The number of phenols is 1. The third-order valence-corrected chi connectivity index (χ3v) is 3.51. The largest absolute Gasteiger partial charge is 0.504 e. The van der Waals surface area contributed by atoms with Gasteiger partial charge in [-0.3, -0.25) is 0 Å². The third-order valence-electron chi connectivity index (χ3n) is 3.15. The Morgan fingerprint density at radius 3 is 2.59 bits per heavy atom. The molecule has 22 heavy (non-hydrogen) atoms. The van der Waals surface area contributed by atoms with Crippen LogP contribution in [0.2, 0.25) is 0 Å². The van der Waals surface area contributed by atoms with Crippen LogP contribution in [0.5, 0.6) is 11.5 Å². The van der Waals surface area contributed by atoms with Crippen molar-refractivity contribution >= 4 is 34.2 Å². The second kappa shape index (κ2) is 5.65. The molecule has 5 nitrogen and oxygen atoms in total. The molecule has 0 amide bonds. The molecule has 0 saturated carbocycles. The van der Waals surface area contributed by atoms with Gasteiger partial charge in [-0.05, 0) is 30.3 Å². The number of ether oxygens (including phenoxy) is 1. The van der Waals surface area contributed by atoms with Gasteiger partial charge >= 0.3 is 0 Å². The van der Waals surface area contributed by atoms with Gasteiger partial charge in [0.2, 0.25) is 0 Å². The van der Waals surface area contributed by atoms with Crippen molar-refractivity contribution in [3.8, 4) is 11.5 Å². The first-order chi connectivity index (χ1) is 10.6. The van der Waals surface area contributed by atoms with Gasteiger partial charge in [-0.2, -0.15) is 0 Å². The van der Waals surface area contributed by atoms with E-state index in [0.717, 1.165) is 0 Å². The molecule has 1 aromatic heterocycles. The standard InChI is InChI=1S/C15H11ClFN3O2/c1-22-14-7-12-11(6-13(14)21)15(19-8-18-12)20(16)10-4-2-9(17)3-5-10/h2-8,21H,1H3. The van der Waals surface area contributed by atoms with Gasteiger partial charge in [0.05, 0.1) is 18.3 Å². The lowest BCUT2D eigenvalue weighted by Crippen LogP contribution is -2.05. The monoisotopic (exact) mass is 319 g/mol. The molecule has 1 heterocycles. The molecule has 1 N–H and O–H groups in total. The van der Waals surface area contributed by atoms with Gasteiger partial charge in [0, 0.05) is 23.2 Å². The highest BCUT2D eigenvalue weighted by Gasteiger charge is 2.15. The smallest absolute Gasteiger partial charge is 0.162 e. The molecule has 0 aliphatic rings. The van der Waals surface area contributed by atoms with E-state index in [0.29, 0.717) is 28.2 Å². The lowest BCUT2D eigenvalue weighted by Gasteiger charge is -2.17. The van der Waals surface area contributed by atoms with Crippen LogP contribution in [0.1, 0.15) is 0 Å². The molecule has 0 radical (unpaired) electrons. The molecule has 0 bridgehead atoms. The van der Waals surface area contributed by atoms with Gasteiger partial charge in [-0.1, -0.05) is 0 Å². The Labute approximate surface area is 130 Å². The summed E-state index contributed by atoms with van der Waals surface area (Å²) in [6.45, 7) is 0. The predicted octanol–water partition coefficient (Wildman–Crippen LogP) is 3.78. The quantitative estimate of drug-likeness (QED) is 0.745. The predicted molar refractivity (Wildman–Crippen MR) is 82.1 cm³/mol. The topological polar surface area (TPSA) is 58.5 Å². The summed E-state index contributed by atoms with van der Waals surface area (Å²) in [5.74, 6) is 0.273. The molecule has 7 heteroatoms. The summed E-state index contributed by atoms with van der Waals surface area (Å²) in [5.41, 5.74) is 1.10. The fraction of sp³-hybridized carbons (Fsp3) is 0.0667. The maximum absolute atomic E-state index is 13.0. The molecule has 3 aromatic rings. The minimum absolute atomic E-state index is 0.0461. The summed E-state index contributed by atoms with van der Waals surface area (Å²) in [6.07, 6.45) is 1.35. The average molecular weight is 320 g/mol. The number of halogens is 2. The normalized spacial score (nSPS) is 10.7. The molecular weight excluding hydrogens is 309 g/mol. The second-order valence-electron chi connectivity index (χ2n) is 4.50. The van der Waals surface area contributed by atoms with Crippen molar-refractivity contribution in [1.82, 2.24) is 9.97 Å². The van der Waals surface area contributed by atoms with Crippen molar-refractivity contribution in [2.24, 2.45) is 0 Å². The van der Waals surface area contributed by atoms with E-state index in [4.69, 9.17) is 16.5 Å². The molecule has 0 saturated heterocycles. The van der Waals surface area contributed by atoms with Gasteiger partial charge in [-0.25, -0.2) is 18.8 Å². The van der Waals surface area contributed by atoms with Crippen molar-refractivity contribution < 1.29 is 14.2 Å². The van der Waals surface area contributed by atoms with Crippen LogP contribution in [-0.4, -0.2) is 22.2 Å². The summed E-state index contributed by atoms with van der Waals surface area (Å²) in [7, 11) is 1.45. The second-order valence-corrected chi connectivity index (χ2v) is 4.83. The first-order valence-electron chi connectivity index (χ1n) is 6.33. The van der Waals surface area contributed by atoms with Gasteiger partial charge < -0.3 is 9.84 Å². The Kier molecular flexibility index (Phi) is 3.68. The van der Waals surface area contributed by atoms with Crippen LogP contribution in [0.15, 0.2) is 42.7 Å². The molecule has 0 spiro atoms. The van der Waals surface area contributed by atoms with Gasteiger partial charge in [0.1, 0.15) is 12.1 Å². The molecule has 112 valence electrons. The van der Waals surface area contributed by atoms with E-state index < -0.39 is 0 Å². The zero-order valence-corrected chi connectivity index (χ0v) is 12.3. The maximum Gasteiger partial charge on any atom is 0.162 e. The number of hydrogen-bond acceptors (Lipinski definition) is 5. The number of aromatic hydroxyl groups is 1. The minimum Gasteiger partial charge on any atom is -0.504 e. The van der Waals surface area contributed by atoms with Gasteiger partial charge in [0.25, 0.3) is 0 Å². The molecular formula is C15H11ClFN3O2. The summed E-state index contributed by atoms with van der Waals surface area (Å²) in [6, 6.07) is 8.72. The number of rotatable bonds is 3. The molecule has 0 fully saturated rings. The SMILES string of the molecule is COc1cc2ncnc(N(Cl)c3ccc(F)cc3)c2cc1O. The number of aromatic nitrogens is 2. The highest BCUT2D eigenvalue weighted by atomic mass is 35.5. The van der Waals surface area contributed by atoms with Gasteiger partial charge in [0.15, 0.2) is 17.3 Å². The number of fused-ring (bicyclic) bond motifs is 1. The Balaban J connectivity index is 2.14. The highest BCUT2D eigenvalue weighted by molar-refractivity contribution is 6.30. The summed E-state index contributed by atoms with van der Waals surface area (Å²) >= 11 is 6.30. The van der Waals surface area contributed by atoms with E-state index in [1.165, 1.54) is 48.2 Å². The first kappa shape index (κ1) is 14.3. The van der Waals surface area contributed by atoms with E-state index in [9.17, 15) is 9.50 Å². The summed E-state index contributed by atoms with van der Waals surface area (Å²) < 4.78 is 19.3. The van der Waals surface area contributed by atoms with Crippen LogP contribution in [0, 0.1) is 5.82 Å². The van der Waals surface area contributed by atoms with E-state index in [1.807, 2.05) is 0 Å². The first-order valence-corrected chi connectivity index (χ1v) is 6.67. The number of anilines is 2. The van der Waals surface area contributed by atoms with E-state index in [-0.39, 0.29) is 11.6 Å². The zero-order valence-electron chi connectivity index (χ0n) is 11.5. The molecule has 0 aliphatic heterocycles. The Morgan fingerprint density at radius 2 is 1.91 bits per heavy atom. The fourth-order valence-corrected chi connectivity index (χ4v) is 2.32. The van der Waals surface area contributed by atoms with Crippen LogP contribution in [0.25, 0.3) is 10.9 Å². The van der Waals surface area contributed by atoms with Crippen LogP contribution in [0.4, 0.5) is 15.9 Å². The molecule has 0 unspecified atom stereocenters. The van der Waals surface area contributed by atoms with Crippen molar-refractivity contribution in [3.05, 3.63) is 48.5 Å².